The maximum Gasteiger partial charge on any atom is 0.250 e. The number of amides is 1. The number of hydrogen-bond donors (Lipinski definition) is 2. The Kier molecular flexibility index (Phi) is 3.94. The third-order valence-corrected chi connectivity index (χ3v) is 3.40. The third kappa shape index (κ3) is 2.59. The SMILES string of the molecule is CCc1ccc(N(C)c2c(N)cccc2C(N)=O)cc1. The van der Waals surface area contributed by atoms with Crippen molar-refractivity contribution in [3.63, 3.8) is 0 Å². The van der Waals surface area contributed by atoms with Crippen molar-refractivity contribution < 1.29 is 4.79 Å². The molecule has 0 unspecified atom stereocenters. The fourth-order valence-corrected chi connectivity index (χ4v) is 2.22. The van der Waals surface area contributed by atoms with Crippen LogP contribution in [-0.4, -0.2) is 13.0 Å². The first-order valence-corrected chi connectivity index (χ1v) is 6.55. The van der Waals surface area contributed by atoms with Crippen LogP contribution in [0.2, 0.25) is 0 Å². The van der Waals surface area contributed by atoms with Gasteiger partial charge in [0.2, 0.25) is 0 Å². The van der Waals surface area contributed by atoms with Crippen molar-refractivity contribution in [2.24, 2.45) is 5.73 Å². The molecule has 4 nitrogen and oxygen atoms in total. The minimum atomic E-state index is -0.482. The Morgan fingerprint density at radius 2 is 1.80 bits per heavy atom. The highest BCUT2D eigenvalue weighted by molar-refractivity contribution is 6.02. The van der Waals surface area contributed by atoms with Gasteiger partial charge in [-0.05, 0) is 36.2 Å². The molecule has 0 heterocycles. The summed E-state index contributed by atoms with van der Waals surface area (Å²) in [6.07, 6.45) is 0.990. The minimum Gasteiger partial charge on any atom is -0.397 e. The topological polar surface area (TPSA) is 72.3 Å². The van der Waals surface area contributed by atoms with E-state index in [0.29, 0.717) is 16.9 Å². The van der Waals surface area contributed by atoms with Gasteiger partial charge in [-0.15, -0.1) is 0 Å². The van der Waals surface area contributed by atoms with Crippen molar-refractivity contribution in [3.05, 3.63) is 53.6 Å². The number of nitrogens with two attached hydrogens (primary N) is 2. The van der Waals surface area contributed by atoms with Gasteiger partial charge in [-0.25, -0.2) is 0 Å². The van der Waals surface area contributed by atoms with Crippen LogP contribution in [-0.2, 0) is 6.42 Å². The first kappa shape index (κ1) is 13.9. The lowest BCUT2D eigenvalue weighted by molar-refractivity contribution is 0.100. The van der Waals surface area contributed by atoms with Crippen molar-refractivity contribution in [1.82, 2.24) is 0 Å². The summed E-state index contributed by atoms with van der Waals surface area (Å²) in [7, 11) is 1.87. The summed E-state index contributed by atoms with van der Waals surface area (Å²) >= 11 is 0. The molecule has 0 spiro atoms. The number of nitrogens with zero attached hydrogens (tertiary/aromatic N) is 1. The molecule has 0 saturated carbocycles. The molecule has 0 bridgehead atoms. The summed E-state index contributed by atoms with van der Waals surface area (Å²) in [5.74, 6) is -0.482. The van der Waals surface area contributed by atoms with Gasteiger partial charge < -0.3 is 16.4 Å². The first-order valence-electron chi connectivity index (χ1n) is 6.55. The molecule has 20 heavy (non-hydrogen) atoms. The third-order valence-electron chi connectivity index (χ3n) is 3.40. The molecule has 0 aromatic heterocycles. The zero-order valence-electron chi connectivity index (χ0n) is 11.8. The lowest BCUT2D eigenvalue weighted by Crippen LogP contribution is -2.19. The van der Waals surface area contributed by atoms with Crippen molar-refractivity contribution >= 4 is 23.0 Å². The Labute approximate surface area is 119 Å². The largest absolute Gasteiger partial charge is 0.397 e. The molecule has 2 rings (SSSR count). The zero-order valence-corrected chi connectivity index (χ0v) is 11.8. The minimum absolute atomic E-state index is 0.423. The van der Waals surface area contributed by atoms with E-state index in [1.807, 2.05) is 24.1 Å². The van der Waals surface area contributed by atoms with Crippen LogP contribution in [0.5, 0.6) is 0 Å². The number of hydrogen-bond acceptors (Lipinski definition) is 3. The molecule has 4 N–H and O–H groups in total. The number of primary amides is 1. The molecule has 1 amide bonds. The van der Waals surface area contributed by atoms with Gasteiger partial charge in [-0.3, -0.25) is 4.79 Å². The molecular formula is C16H19N3O. The summed E-state index contributed by atoms with van der Waals surface area (Å²) in [5.41, 5.74) is 15.2. The number of anilines is 3. The molecule has 0 aliphatic carbocycles. The van der Waals surface area contributed by atoms with Crippen LogP contribution in [0.25, 0.3) is 0 Å². The van der Waals surface area contributed by atoms with Gasteiger partial charge in [-0.1, -0.05) is 25.1 Å². The first-order chi connectivity index (χ1) is 9.54. The van der Waals surface area contributed by atoms with Crippen LogP contribution in [0.15, 0.2) is 42.5 Å². The van der Waals surface area contributed by atoms with Crippen LogP contribution in [0, 0.1) is 0 Å². The molecule has 2 aromatic rings. The van der Waals surface area contributed by atoms with Crippen LogP contribution in [0.1, 0.15) is 22.8 Å². The Hall–Kier alpha value is -2.49. The normalized spacial score (nSPS) is 10.3. The van der Waals surface area contributed by atoms with Gasteiger partial charge in [0.1, 0.15) is 0 Å². The van der Waals surface area contributed by atoms with E-state index in [9.17, 15) is 4.79 Å². The van der Waals surface area contributed by atoms with Crippen LogP contribution in [0.4, 0.5) is 17.1 Å². The number of carbonyl (C=O) groups is 1. The van der Waals surface area contributed by atoms with Gasteiger partial charge in [0.15, 0.2) is 0 Å². The fourth-order valence-electron chi connectivity index (χ4n) is 2.22. The predicted molar refractivity (Wildman–Crippen MR) is 83.3 cm³/mol. The Morgan fingerprint density at radius 3 is 2.35 bits per heavy atom. The van der Waals surface area contributed by atoms with Gasteiger partial charge in [0.05, 0.1) is 16.9 Å². The molecule has 0 saturated heterocycles. The van der Waals surface area contributed by atoms with E-state index < -0.39 is 5.91 Å². The second-order valence-corrected chi connectivity index (χ2v) is 4.69. The summed E-state index contributed by atoms with van der Waals surface area (Å²) in [4.78, 5) is 13.4. The molecule has 4 heteroatoms. The Bertz CT molecular complexity index is 620. The highest BCUT2D eigenvalue weighted by atomic mass is 16.1. The highest BCUT2D eigenvalue weighted by Crippen LogP contribution is 2.32. The monoisotopic (exact) mass is 269 g/mol. The average Bonchev–Trinajstić information content (AvgIpc) is 2.46. The number of carbonyl (C=O) groups excluding carboxylic acids is 1. The molecule has 104 valence electrons. The second kappa shape index (κ2) is 5.65. The maximum absolute atomic E-state index is 11.6. The number of para-hydroxylation sites is 1. The van der Waals surface area contributed by atoms with Gasteiger partial charge in [-0.2, -0.15) is 0 Å². The van der Waals surface area contributed by atoms with Crippen LogP contribution < -0.4 is 16.4 Å². The summed E-state index contributed by atoms with van der Waals surface area (Å²) < 4.78 is 0. The molecule has 0 atom stereocenters. The number of rotatable bonds is 4. The van der Waals surface area contributed by atoms with E-state index in [1.165, 1.54) is 5.56 Å². The zero-order chi connectivity index (χ0) is 14.7. The number of benzene rings is 2. The maximum atomic E-state index is 11.6. The van der Waals surface area contributed by atoms with E-state index >= 15 is 0 Å². The Morgan fingerprint density at radius 1 is 1.15 bits per heavy atom. The average molecular weight is 269 g/mol. The predicted octanol–water partition coefficient (Wildman–Crippen LogP) is 2.70. The highest BCUT2D eigenvalue weighted by Gasteiger charge is 2.16. The molecular weight excluding hydrogens is 250 g/mol. The number of nitrogen functional groups attached to an aromatic ring is 1. The number of aryl methyl sites for hydroxylation is 1. The van der Waals surface area contributed by atoms with E-state index in [4.69, 9.17) is 11.5 Å². The van der Waals surface area contributed by atoms with Crippen molar-refractivity contribution in [2.75, 3.05) is 17.7 Å². The van der Waals surface area contributed by atoms with E-state index in [1.54, 1.807) is 18.2 Å². The smallest absolute Gasteiger partial charge is 0.250 e. The molecule has 0 aliphatic rings. The molecule has 0 fully saturated rings. The van der Waals surface area contributed by atoms with Crippen molar-refractivity contribution in [3.8, 4) is 0 Å². The van der Waals surface area contributed by atoms with Gasteiger partial charge in [0.25, 0.3) is 5.91 Å². The van der Waals surface area contributed by atoms with Crippen molar-refractivity contribution in [1.29, 1.82) is 0 Å². The summed E-state index contributed by atoms with van der Waals surface area (Å²) in [5, 5.41) is 0. The van der Waals surface area contributed by atoms with Crippen LogP contribution in [0.3, 0.4) is 0 Å². The fraction of sp³-hybridized carbons (Fsp3) is 0.188. The van der Waals surface area contributed by atoms with Gasteiger partial charge >= 0.3 is 0 Å². The lowest BCUT2D eigenvalue weighted by Gasteiger charge is -2.23. The lowest BCUT2D eigenvalue weighted by atomic mass is 10.1. The Balaban J connectivity index is 2.46. The van der Waals surface area contributed by atoms with Crippen molar-refractivity contribution in [2.45, 2.75) is 13.3 Å². The van der Waals surface area contributed by atoms with Gasteiger partial charge in [0, 0.05) is 12.7 Å². The summed E-state index contributed by atoms with van der Waals surface area (Å²) in [6, 6.07) is 13.3. The van der Waals surface area contributed by atoms with Crippen LogP contribution >= 0.6 is 0 Å². The van der Waals surface area contributed by atoms with E-state index in [-0.39, 0.29) is 0 Å². The standard InChI is InChI=1S/C16H19N3O/c1-3-11-7-9-12(10-8-11)19(2)15-13(16(18)20)5-4-6-14(15)17/h4-10H,3,17H2,1-2H3,(H2,18,20). The molecule has 2 aromatic carbocycles. The van der Waals surface area contributed by atoms with E-state index in [0.717, 1.165) is 12.1 Å². The quantitative estimate of drug-likeness (QED) is 0.838. The second-order valence-electron chi connectivity index (χ2n) is 4.69. The molecule has 0 radical (unpaired) electrons. The van der Waals surface area contributed by atoms with E-state index in [2.05, 4.69) is 19.1 Å². The summed E-state index contributed by atoms with van der Waals surface area (Å²) in [6.45, 7) is 2.11. The molecule has 0 aliphatic heterocycles.